The lowest BCUT2D eigenvalue weighted by Crippen LogP contribution is -2.23. The Bertz CT molecular complexity index is 883. The second-order valence-electron chi connectivity index (χ2n) is 6.45. The number of hydrogen-bond donors (Lipinski definition) is 1. The standard InChI is InChI=1S/C21H22FN3O/c1-15-3-5-16(6-4-15)13-23-20(26)12-9-18-14-25(2)24-21(18)17-7-10-19(22)11-8-17/h3-8,10-11,14H,9,12-13H2,1-2H3,(H,23,26). The van der Waals surface area contributed by atoms with Crippen molar-refractivity contribution in [2.45, 2.75) is 26.3 Å². The van der Waals surface area contributed by atoms with Gasteiger partial charge in [0.05, 0.1) is 5.69 Å². The Hall–Kier alpha value is -2.95. The van der Waals surface area contributed by atoms with Crippen molar-refractivity contribution in [3.05, 3.63) is 77.2 Å². The zero-order chi connectivity index (χ0) is 18.5. The van der Waals surface area contributed by atoms with Gasteiger partial charge in [-0.25, -0.2) is 4.39 Å². The average Bonchev–Trinajstić information content (AvgIpc) is 3.01. The molecule has 0 saturated heterocycles. The number of aryl methyl sites for hydroxylation is 3. The van der Waals surface area contributed by atoms with Gasteiger partial charge in [-0.3, -0.25) is 9.48 Å². The second-order valence-corrected chi connectivity index (χ2v) is 6.45. The molecule has 134 valence electrons. The number of nitrogens with one attached hydrogen (secondary N) is 1. The van der Waals surface area contributed by atoms with Crippen LogP contribution in [0.1, 0.15) is 23.1 Å². The van der Waals surface area contributed by atoms with Crippen molar-refractivity contribution in [2.75, 3.05) is 0 Å². The molecule has 0 unspecified atom stereocenters. The van der Waals surface area contributed by atoms with Gasteiger partial charge in [-0.15, -0.1) is 0 Å². The van der Waals surface area contributed by atoms with Crippen LogP contribution in [0.2, 0.25) is 0 Å². The molecule has 1 heterocycles. The van der Waals surface area contributed by atoms with E-state index in [1.165, 1.54) is 17.7 Å². The Kier molecular flexibility index (Phi) is 5.46. The molecule has 1 amide bonds. The van der Waals surface area contributed by atoms with Crippen LogP contribution in [-0.4, -0.2) is 15.7 Å². The summed E-state index contributed by atoms with van der Waals surface area (Å²) in [5.74, 6) is -0.277. The van der Waals surface area contributed by atoms with Crippen LogP contribution in [0, 0.1) is 12.7 Å². The maximum atomic E-state index is 13.1. The minimum absolute atomic E-state index is 0.000478. The van der Waals surface area contributed by atoms with Crippen molar-refractivity contribution in [3.63, 3.8) is 0 Å². The number of halogens is 1. The molecule has 1 N–H and O–H groups in total. The van der Waals surface area contributed by atoms with Crippen molar-refractivity contribution in [1.82, 2.24) is 15.1 Å². The monoisotopic (exact) mass is 351 g/mol. The summed E-state index contributed by atoms with van der Waals surface area (Å²) < 4.78 is 14.9. The van der Waals surface area contributed by atoms with E-state index in [-0.39, 0.29) is 11.7 Å². The summed E-state index contributed by atoms with van der Waals surface area (Å²) >= 11 is 0. The zero-order valence-corrected chi connectivity index (χ0v) is 15.0. The molecule has 3 rings (SSSR count). The van der Waals surface area contributed by atoms with Crippen LogP contribution in [0.15, 0.2) is 54.7 Å². The Morgan fingerprint density at radius 1 is 1.12 bits per heavy atom. The van der Waals surface area contributed by atoms with E-state index in [1.54, 1.807) is 16.8 Å². The first-order valence-electron chi connectivity index (χ1n) is 8.62. The van der Waals surface area contributed by atoms with Gasteiger partial charge < -0.3 is 5.32 Å². The van der Waals surface area contributed by atoms with Gasteiger partial charge in [0.2, 0.25) is 5.91 Å². The van der Waals surface area contributed by atoms with E-state index in [9.17, 15) is 9.18 Å². The van der Waals surface area contributed by atoms with Crippen molar-refractivity contribution in [3.8, 4) is 11.3 Å². The number of aromatic nitrogens is 2. The average molecular weight is 351 g/mol. The quantitative estimate of drug-likeness (QED) is 0.735. The fourth-order valence-electron chi connectivity index (χ4n) is 2.81. The first-order chi connectivity index (χ1) is 12.5. The van der Waals surface area contributed by atoms with Gasteiger partial charge in [-0.2, -0.15) is 5.10 Å². The molecule has 4 nitrogen and oxygen atoms in total. The summed E-state index contributed by atoms with van der Waals surface area (Å²) in [6.45, 7) is 2.56. The van der Waals surface area contributed by atoms with Gasteiger partial charge in [-0.05, 0) is 48.7 Å². The largest absolute Gasteiger partial charge is 0.352 e. The minimum atomic E-state index is -0.276. The van der Waals surface area contributed by atoms with Gasteiger partial charge in [0.25, 0.3) is 0 Å². The fourth-order valence-corrected chi connectivity index (χ4v) is 2.81. The van der Waals surface area contributed by atoms with Gasteiger partial charge in [0, 0.05) is 31.8 Å². The predicted molar refractivity (Wildman–Crippen MR) is 99.9 cm³/mol. The molecule has 5 heteroatoms. The smallest absolute Gasteiger partial charge is 0.220 e. The molecule has 0 bridgehead atoms. The Morgan fingerprint density at radius 3 is 2.50 bits per heavy atom. The highest BCUT2D eigenvalue weighted by atomic mass is 19.1. The fraction of sp³-hybridized carbons (Fsp3) is 0.238. The maximum Gasteiger partial charge on any atom is 0.220 e. The summed E-state index contributed by atoms with van der Waals surface area (Å²) in [7, 11) is 1.84. The molecule has 0 atom stereocenters. The van der Waals surface area contributed by atoms with Gasteiger partial charge >= 0.3 is 0 Å². The Morgan fingerprint density at radius 2 is 1.81 bits per heavy atom. The van der Waals surface area contributed by atoms with Crippen LogP contribution in [0.3, 0.4) is 0 Å². The van der Waals surface area contributed by atoms with Crippen LogP contribution in [0.25, 0.3) is 11.3 Å². The lowest BCUT2D eigenvalue weighted by atomic mass is 10.0. The molecule has 0 aliphatic heterocycles. The summed E-state index contributed by atoms with van der Waals surface area (Å²) in [6.07, 6.45) is 2.87. The molecule has 26 heavy (non-hydrogen) atoms. The minimum Gasteiger partial charge on any atom is -0.352 e. The summed E-state index contributed by atoms with van der Waals surface area (Å²) in [4.78, 5) is 12.2. The van der Waals surface area contributed by atoms with Crippen molar-refractivity contribution in [2.24, 2.45) is 7.05 Å². The van der Waals surface area contributed by atoms with Crippen LogP contribution in [-0.2, 0) is 24.8 Å². The first-order valence-corrected chi connectivity index (χ1v) is 8.62. The lowest BCUT2D eigenvalue weighted by Gasteiger charge is -2.06. The summed E-state index contributed by atoms with van der Waals surface area (Å²) in [5, 5.41) is 7.40. The highest BCUT2D eigenvalue weighted by molar-refractivity contribution is 5.76. The number of hydrogen-bond acceptors (Lipinski definition) is 2. The maximum absolute atomic E-state index is 13.1. The third-order valence-electron chi connectivity index (χ3n) is 4.25. The molecule has 0 radical (unpaired) electrons. The normalized spacial score (nSPS) is 10.7. The van der Waals surface area contributed by atoms with Crippen molar-refractivity contribution in [1.29, 1.82) is 0 Å². The number of rotatable bonds is 6. The Labute approximate surface area is 152 Å². The third-order valence-corrected chi connectivity index (χ3v) is 4.25. The van der Waals surface area contributed by atoms with E-state index in [0.717, 1.165) is 22.4 Å². The van der Waals surface area contributed by atoms with E-state index in [1.807, 2.05) is 44.4 Å². The zero-order valence-electron chi connectivity index (χ0n) is 15.0. The van der Waals surface area contributed by atoms with E-state index in [0.29, 0.717) is 19.4 Å². The molecular weight excluding hydrogens is 329 g/mol. The highest BCUT2D eigenvalue weighted by Crippen LogP contribution is 2.23. The number of benzene rings is 2. The predicted octanol–water partition coefficient (Wildman–Crippen LogP) is 3.78. The molecular formula is C21H22FN3O. The van der Waals surface area contributed by atoms with Crippen LogP contribution >= 0.6 is 0 Å². The molecule has 0 saturated carbocycles. The van der Waals surface area contributed by atoms with E-state index in [2.05, 4.69) is 10.4 Å². The van der Waals surface area contributed by atoms with Crippen LogP contribution in [0.4, 0.5) is 4.39 Å². The van der Waals surface area contributed by atoms with Gasteiger partial charge in [-0.1, -0.05) is 29.8 Å². The molecule has 0 spiro atoms. The summed E-state index contributed by atoms with van der Waals surface area (Å²) in [6, 6.07) is 14.4. The first kappa shape index (κ1) is 17.9. The van der Waals surface area contributed by atoms with Crippen LogP contribution < -0.4 is 5.32 Å². The topological polar surface area (TPSA) is 46.9 Å². The number of nitrogens with zero attached hydrogens (tertiary/aromatic N) is 2. The van der Waals surface area contributed by atoms with Crippen molar-refractivity contribution >= 4 is 5.91 Å². The third kappa shape index (κ3) is 4.57. The number of carbonyl (C=O) groups excluding carboxylic acids is 1. The molecule has 2 aromatic carbocycles. The van der Waals surface area contributed by atoms with Crippen LogP contribution in [0.5, 0.6) is 0 Å². The van der Waals surface area contributed by atoms with Crippen molar-refractivity contribution < 1.29 is 9.18 Å². The Balaban J connectivity index is 1.60. The molecule has 0 aliphatic rings. The lowest BCUT2D eigenvalue weighted by molar-refractivity contribution is -0.121. The van der Waals surface area contributed by atoms with E-state index < -0.39 is 0 Å². The highest BCUT2D eigenvalue weighted by Gasteiger charge is 2.12. The van der Waals surface area contributed by atoms with E-state index >= 15 is 0 Å². The van der Waals surface area contributed by atoms with Gasteiger partial charge in [0.15, 0.2) is 0 Å². The SMILES string of the molecule is Cc1ccc(CNC(=O)CCc2cn(C)nc2-c2ccc(F)cc2)cc1. The molecule has 0 aliphatic carbocycles. The molecule has 1 aromatic heterocycles. The molecule has 3 aromatic rings. The summed E-state index contributed by atoms with van der Waals surface area (Å²) in [5.41, 5.74) is 4.90. The molecule has 0 fully saturated rings. The number of carbonyl (C=O) groups is 1. The number of amides is 1. The van der Waals surface area contributed by atoms with Gasteiger partial charge in [0.1, 0.15) is 5.82 Å². The second kappa shape index (κ2) is 7.95. The van der Waals surface area contributed by atoms with E-state index in [4.69, 9.17) is 0 Å².